The van der Waals surface area contributed by atoms with E-state index in [0.717, 1.165) is 25.7 Å². The van der Waals surface area contributed by atoms with Crippen molar-refractivity contribution in [2.75, 3.05) is 19.1 Å². The van der Waals surface area contributed by atoms with Crippen LogP contribution in [0.5, 0.6) is 0 Å². The minimum atomic E-state index is -2.80. The third-order valence-electron chi connectivity index (χ3n) is 3.06. The molecule has 0 aliphatic rings. The molecule has 1 aromatic carbocycles. The van der Waals surface area contributed by atoms with E-state index in [9.17, 15) is 8.42 Å². The van der Waals surface area contributed by atoms with E-state index in [4.69, 9.17) is 0 Å². The van der Waals surface area contributed by atoms with Crippen molar-refractivity contribution in [1.29, 1.82) is 0 Å². The van der Waals surface area contributed by atoms with Crippen LogP contribution in [0.15, 0.2) is 30.3 Å². The van der Waals surface area contributed by atoms with Gasteiger partial charge in [-0.05, 0) is 25.5 Å². The van der Waals surface area contributed by atoms with E-state index in [1.54, 1.807) is 0 Å². The highest BCUT2D eigenvalue weighted by Crippen LogP contribution is 2.19. The van der Waals surface area contributed by atoms with E-state index in [1.165, 1.54) is 11.8 Å². The zero-order valence-electron chi connectivity index (χ0n) is 11.2. The molecule has 0 fully saturated rings. The van der Waals surface area contributed by atoms with Crippen molar-refractivity contribution in [1.82, 2.24) is 5.32 Å². The van der Waals surface area contributed by atoms with Gasteiger partial charge in [0, 0.05) is 18.1 Å². The molecule has 1 aromatic rings. The van der Waals surface area contributed by atoms with Gasteiger partial charge in [-0.15, -0.1) is 0 Å². The van der Waals surface area contributed by atoms with Crippen LogP contribution < -0.4 is 5.32 Å². The van der Waals surface area contributed by atoms with Gasteiger partial charge in [-0.25, -0.2) is 8.42 Å². The van der Waals surface area contributed by atoms with Gasteiger partial charge in [-0.3, -0.25) is 0 Å². The number of hydrogen-bond acceptors (Lipinski definition) is 3. The maximum Gasteiger partial charge on any atom is 0.147 e. The van der Waals surface area contributed by atoms with Crippen LogP contribution in [0.4, 0.5) is 0 Å². The van der Waals surface area contributed by atoms with Crippen molar-refractivity contribution >= 4 is 9.84 Å². The number of benzene rings is 1. The molecule has 1 N–H and O–H groups in total. The van der Waals surface area contributed by atoms with Crippen molar-refractivity contribution in [2.24, 2.45) is 0 Å². The molecule has 3 nitrogen and oxygen atoms in total. The molecular formula is C14H23NO2S. The molecule has 1 unspecified atom stereocenters. The fourth-order valence-electron chi connectivity index (χ4n) is 2.05. The smallest absolute Gasteiger partial charge is 0.147 e. The molecule has 0 aromatic heterocycles. The fourth-order valence-corrected chi connectivity index (χ4v) is 2.78. The molecule has 1 atom stereocenters. The Morgan fingerprint density at radius 1 is 1.11 bits per heavy atom. The molecule has 0 saturated heterocycles. The second kappa shape index (κ2) is 7.54. The first-order valence-electron chi connectivity index (χ1n) is 6.43. The zero-order chi connectivity index (χ0) is 13.4. The number of hydrogen-bond donors (Lipinski definition) is 1. The summed E-state index contributed by atoms with van der Waals surface area (Å²) in [7, 11) is -0.832. The van der Waals surface area contributed by atoms with Crippen LogP contribution in [0.1, 0.15) is 37.3 Å². The molecule has 0 amide bonds. The standard InChI is InChI=1S/C14H23NO2S/c1-15-14(13-9-5-3-6-10-13)11-7-4-8-12-18(2,16)17/h3,5-6,9-10,14-15H,4,7-8,11-12H2,1-2H3. The number of nitrogens with one attached hydrogen (secondary N) is 1. The van der Waals surface area contributed by atoms with E-state index >= 15 is 0 Å². The summed E-state index contributed by atoms with van der Waals surface area (Å²) >= 11 is 0. The first-order valence-corrected chi connectivity index (χ1v) is 8.49. The van der Waals surface area contributed by atoms with E-state index in [-0.39, 0.29) is 0 Å². The molecule has 0 spiro atoms. The molecule has 1 rings (SSSR count). The largest absolute Gasteiger partial charge is 0.313 e. The molecular weight excluding hydrogens is 246 g/mol. The maximum atomic E-state index is 11.0. The van der Waals surface area contributed by atoms with Gasteiger partial charge in [-0.1, -0.05) is 43.2 Å². The third-order valence-corrected chi connectivity index (χ3v) is 4.09. The highest BCUT2D eigenvalue weighted by Gasteiger charge is 2.08. The van der Waals surface area contributed by atoms with Crippen LogP contribution in [0.3, 0.4) is 0 Å². The predicted octanol–water partition coefficient (Wildman–Crippen LogP) is 2.55. The first kappa shape index (κ1) is 15.2. The van der Waals surface area contributed by atoms with Gasteiger partial charge in [0.05, 0.1) is 0 Å². The second-order valence-electron chi connectivity index (χ2n) is 4.73. The Bertz CT molecular complexity index is 428. The van der Waals surface area contributed by atoms with Gasteiger partial charge in [0.15, 0.2) is 0 Å². The Balaban J connectivity index is 2.29. The van der Waals surface area contributed by atoms with Crippen LogP contribution in [0.25, 0.3) is 0 Å². The summed E-state index contributed by atoms with van der Waals surface area (Å²) in [5.74, 6) is 0.308. The van der Waals surface area contributed by atoms with Gasteiger partial charge < -0.3 is 5.32 Å². The average molecular weight is 269 g/mol. The predicted molar refractivity (Wildman–Crippen MR) is 76.4 cm³/mol. The topological polar surface area (TPSA) is 46.2 Å². The highest BCUT2D eigenvalue weighted by molar-refractivity contribution is 7.90. The lowest BCUT2D eigenvalue weighted by Crippen LogP contribution is -2.16. The molecule has 4 heteroatoms. The quantitative estimate of drug-likeness (QED) is 0.738. The van der Waals surface area contributed by atoms with Crippen LogP contribution in [-0.2, 0) is 9.84 Å². The van der Waals surface area contributed by atoms with Gasteiger partial charge in [-0.2, -0.15) is 0 Å². The van der Waals surface area contributed by atoms with E-state index in [1.807, 2.05) is 25.2 Å². The summed E-state index contributed by atoms with van der Waals surface area (Å²) in [5.41, 5.74) is 1.29. The number of unbranched alkanes of at least 4 members (excludes halogenated alkanes) is 2. The lowest BCUT2D eigenvalue weighted by atomic mass is 10.0. The fraction of sp³-hybridized carbons (Fsp3) is 0.571. The molecule has 0 aliphatic carbocycles. The Hall–Kier alpha value is -0.870. The van der Waals surface area contributed by atoms with Crippen LogP contribution >= 0.6 is 0 Å². The van der Waals surface area contributed by atoms with Crippen molar-refractivity contribution in [3.8, 4) is 0 Å². The zero-order valence-corrected chi connectivity index (χ0v) is 12.0. The second-order valence-corrected chi connectivity index (χ2v) is 6.99. The summed E-state index contributed by atoms with van der Waals surface area (Å²) in [6, 6.07) is 10.7. The third kappa shape index (κ3) is 6.17. The summed E-state index contributed by atoms with van der Waals surface area (Å²) in [6.07, 6.45) is 5.13. The Kier molecular flexibility index (Phi) is 6.36. The van der Waals surface area contributed by atoms with Gasteiger partial charge in [0.25, 0.3) is 0 Å². The molecule has 0 aliphatic heterocycles. The number of sulfone groups is 1. The monoisotopic (exact) mass is 269 g/mol. The van der Waals surface area contributed by atoms with E-state index < -0.39 is 9.84 Å². The van der Waals surface area contributed by atoms with Crippen molar-refractivity contribution < 1.29 is 8.42 Å². The van der Waals surface area contributed by atoms with Crippen molar-refractivity contribution in [3.63, 3.8) is 0 Å². The first-order chi connectivity index (χ1) is 8.53. The summed E-state index contributed by atoms with van der Waals surface area (Å²) in [4.78, 5) is 0. The minimum absolute atomic E-state index is 0.308. The van der Waals surface area contributed by atoms with Crippen molar-refractivity contribution in [2.45, 2.75) is 31.7 Å². The number of rotatable bonds is 8. The molecule has 102 valence electrons. The van der Waals surface area contributed by atoms with Gasteiger partial charge in [0.2, 0.25) is 0 Å². The molecule has 0 bridgehead atoms. The highest BCUT2D eigenvalue weighted by atomic mass is 32.2. The van der Waals surface area contributed by atoms with Crippen molar-refractivity contribution in [3.05, 3.63) is 35.9 Å². The Labute approximate surface area is 111 Å². The lowest BCUT2D eigenvalue weighted by molar-refractivity contribution is 0.511. The molecule has 0 saturated carbocycles. The SMILES string of the molecule is CNC(CCCCCS(C)(=O)=O)c1ccccc1. The lowest BCUT2D eigenvalue weighted by Gasteiger charge is -2.16. The summed E-state index contributed by atoms with van der Waals surface area (Å²) in [5, 5.41) is 3.31. The Morgan fingerprint density at radius 3 is 2.33 bits per heavy atom. The molecule has 0 radical (unpaired) electrons. The summed E-state index contributed by atoms with van der Waals surface area (Å²) < 4.78 is 22.0. The molecule has 18 heavy (non-hydrogen) atoms. The van der Waals surface area contributed by atoms with Gasteiger partial charge in [0.1, 0.15) is 9.84 Å². The minimum Gasteiger partial charge on any atom is -0.313 e. The van der Waals surface area contributed by atoms with E-state index in [0.29, 0.717) is 11.8 Å². The van der Waals surface area contributed by atoms with Crippen LogP contribution in [0, 0.1) is 0 Å². The average Bonchev–Trinajstić information content (AvgIpc) is 2.33. The van der Waals surface area contributed by atoms with Gasteiger partial charge >= 0.3 is 0 Å². The molecule has 0 heterocycles. The summed E-state index contributed by atoms with van der Waals surface area (Å²) in [6.45, 7) is 0. The van der Waals surface area contributed by atoms with Crippen LogP contribution in [-0.4, -0.2) is 27.5 Å². The van der Waals surface area contributed by atoms with E-state index in [2.05, 4.69) is 17.4 Å². The normalized spacial score (nSPS) is 13.4. The van der Waals surface area contributed by atoms with Crippen LogP contribution in [0.2, 0.25) is 0 Å². The maximum absolute atomic E-state index is 11.0. The Morgan fingerprint density at radius 2 is 1.78 bits per heavy atom.